The standard InChI is InChI=1S/C33H34N6O3/c1-33(14-18-41-19-15-33)20-24(21-34)32(40)38-17-5-6-25(22-38)39-28-13-16-36-31(35)29(28)30(37-39)23-9-11-27(12-10-23)42-26-7-3-2-4-8-26/h2-4,7-13,16,20,25H,5-6,14-15,17-19,22H2,1H3,(H2,35,36)/t25-/m1/s1. The number of likely N-dealkylation sites (tertiary alicyclic amines) is 1. The number of hydrogen-bond acceptors (Lipinski definition) is 7. The Bertz CT molecular complexity index is 1650. The first-order valence-electron chi connectivity index (χ1n) is 14.4. The van der Waals surface area contributed by atoms with E-state index in [0.717, 1.165) is 59.3 Å². The third kappa shape index (κ3) is 5.58. The summed E-state index contributed by atoms with van der Waals surface area (Å²) >= 11 is 0. The van der Waals surface area contributed by atoms with Crippen LogP contribution in [0, 0.1) is 16.7 Å². The van der Waals surface area contributed by atoms with E-state index >= 15 is 0 Å². The Hall–Kier alpha value is -4.68. The van der Waals surface area contributed by atoms with Crippen LogP contribution in [0.5, 0.6) is 11.5 Å². The second-order valence-corrected chi connectivity index (χ2v) is 11.3. The molecule has 42 heavy (non-hydrogen) atoms. The summed E-state index contributed by atoms with van der Waals surface area (Å²) in [4.78, 5) is 19.7. The summed E-state index contributed by atoms with van der Waals surface area (Å²) in [5.74, 6) is 1.67. The van der Waals surface area contributed by atoms with Crippen molar-refractivity contribution in [1.29, 1.82) is 5.26 Å². The van der Waals surface area contributed by atoms with Gasteiger partial charge >= 0.3 is 0 Å². The quantitative estimate of drug-likeness (QED) is 0.229. The average Bonchev–Trinajstić information content (AvgIpc) is 3.42. The molecule has 9 heteroatoms. The Morgan fingerprint density at radius 3 is 2.60 bits per heavy atom. The van der Waals surface area contributed by atoms with Gasteiger partial charge in [-0.25, -0.2) is 4.98 Å². The number of aromatic nitrogens is 3. The van der Waals surface area contributed by atoms with Crippen LogP contribution in [0.2, 0.25) is 0 Å². The lowest BCUT2D eigenvalue weighted by molar-refractivity contribution is -0.128. The molecular weight excluding hydrogens is 528 g/mol. The fraction of sp³-hybridized carbons (Fsp3) is 0.333. The van der Waals surface area contributed by atoms with Crippen LogP contribution in [0.15, 0.2) is 78.5 Å². The number of nitrogens with zero attached hydrogens (tertiary/aromatic N) is 5. The predicted octanol–water partition coefficient (Wildman–Crippen LogP) is 5.90. The molecule has 4 aromatic rings. The molecule has 2 aliphatic heterocycles. The lowest BCUT2D eigenvalue weighted by Gasteiger charge is -2.34. The Morgan fingerprint density at radius 2 is 1.86 bits per heavy atom. The van der Waals surface area contributed by atoms with Gasteiger partial charge in [0.2, 0.25) is 0 Å². The van der Waals surface area contributed by atoms with Gasteiger partial charge in [-0.2, -0.15) is 10.4 Å². The number of hydrogen-bond donors (Lipinski definition) is 1. The van der Waals surface area contributed by atoms with Crippen LogP contribution >= 0.6 is 0 Å². The van der Waals surface area contributed by atoms with Crippen LogP contribution in [-0.2, 0) is 9.53 Å². The van der Waals surface area contributed by atoms with Crippen molar-refractivity contribution < 1.29 is 14.3 Å². The van der Waals surface area contributed by atoms with E-state index in [1.807, 2.05) is 71.4 Å². The van der Waals surface area contributed by atoms with Crippen molar-refractivity contribution in [2.75, 3.05) is 32.0 Å². The van der Waals surface area contributed by atoms with E-state index in [0.29, 0.717) is 32.1 Å². The number of amides is 1. The van der Waals surface area contributed by atoms with Gasteiger partial charge in [0, 0.05) is 38.1 Å². The molecule has 2 N–H and O–H groups in total. The first-order chi connectivity index (χ1) is 20.4. The topological polar surface area (TPSA) is 119 Å². The van der Waals surface area contributed by atoms with E-state index in [1.165, 1.54) is 0 Å². The van der Waals surface area contributed by atoms with E-state index < -0.39 is 0 Å². The number of carbonyl (C=O) groups is 1. The minimum absolute atomic E-state index is 0.0694. The van der Waals surface area contributed by atoms with Crippen LogP contribution < -0.4 is 10.5 Å². The molecule has 4 heterocycles. The molecule has 0 saturated carbocycles. The number of nitrogen functional groups attached to an aromatic ring is 1. The molecule has 2 fully saturated rings. The van der Waals surface area contributed by atoms with Crippen molar-refractivity contribution >= 4 is 22.6 Å². The number of nitriles is 1. The molecule has 2 saturated heterocycles. The number of nitrogens with two attached hydrogens (primary N) is 1. The summed E-state index contributed by atoms with van der Waals surface area (Å²) in [5.41, 5.74) is 8.88. The van der Waals surface area contributed by atoms with Crippen LogP contribution in [0.1, 0.15) is 38.6 Å². The van der Waals surface area contributed by atoms with Crippen molar-refractivity contribution in [2.45, 2.75) is 38.6 Å². The van der Waals surface area contributed by atoms with E-state index in [4.69, 9.17) is 20.3 Å². The Morgan fingerprint density at radius 1 is 1.12 bits per heavy atom. The third-order valence-corrected chi connectivity index (χ3v) is 8.26. The smallest absolute Gasteiger partial charge is 0.264 e. The van der Waals surface area contributed by atoms with E-state index in [2.05, 4.69) is 18.0 Å². The lowest BCUT2D eigenvalue weighted by atomic mass is 9.80. The summed E-state index contributed by atoms with van der Waals surface area (Å²) in [6.07, 6.45) is 6.80. The minimum atomic E-state index is -0.221. The summed E-state index contributed by atoms with van der Waals surface area (Å²) in [6, 6.07) is 21.4. The maximum absolute atomic E-state index is 13.6. The maximum atomic E-state index is 13.6. The van der Waals surface area contributed by atoms with E-state index in [9.17, 15) is 10.1 Å². The molecule has 1 amide bonds. The SMILES string of the molecule is CC1(C=C(C#N)C(=O)N2CCC[C@@H](n3nc(-c4ccc(Oc5ccccc5)cc4)c4c(N)nccc43)C2)CCOCC1. The van der Waals surface area contributed by atoms with Crippen LogP contribution in [-0.4, -0.2) is 51.9 Å². The summed E-state index contributed by atoms with van der Waals surface area (Å²) < 4.78 is 13.4. The number of carbonyl (C=O) groups excluding carboxylic acids is 1. The lowest BCUT2D eigenvalue weighted by Crippen LogP contribution is -2.41. The van der Waals surface area contributed by atoms with Gasteiger partial charge in [0.05, 0.1) is 16.9 Å². The zero-order valence-corrected chi connectivity index (χ0v) is 23.7. The molecule has 214 valence electrons. The van der Waals surface area contributed by atoms with Gasteiger partial charge in [0.25, 0.3) is 5.91 Å². The molecule has 2 aromatic carbocycles. The van der Waals surface area contributed by atoms with Gasteiger partial charge in [0.15, 0.2) is 0 Å². The van der Waals surface area contributed by atoms with Crippen LogP contribution in [0.4, 0.5) is 5.82 Å². The first-order valence-corrected chi connectivity index (χ1v) is 14.4. The monoisotopic (exact) mass is 562 g/mol. The number of piperidine rings is 1. The highest BCUT2D eigenvalue weighted by Gasteiger charge is 2.32. The van der Waals surface area contributed by atoms with E-state index in [1.54, 1.807) is 11.1 Å². The molecule has 2 aromatic heterocycles. The molecule has 0 radical (unpaired) electrons. The van der Waals surface area contributed by atoms with Gasteiger partial charge in [-0.05, 0) is 73.6 Å². The molecule has 0 bridgehead atoms. The van der Waals surface area contributed by atoms with Gasteiger partial charge in [-0.15, -0.1) is 0 Å². The number of para-hydroxylation sites is 1. The van der Waals surface area contributed by atoms with Crippen molar-refractivity contribution in [3.63, 3.8) is 0 Å². The minimum Gasteiger partial charge on any atom is -0.457 e. The van der Waals surface area contributed by atoms with Crippen molar-refractivity contribution in [2.24, 2.45) is 5.41 Å². The maximum Gasteiger partial charge on any atom is 0.264 e. The van der Waals surface area contributed by atoms with E-state index in [-0.39, 0.29) is 22.9 Å². The van der Waals surface area contributed by atoms with Crippen LogP contribution in [0.3, 0.4) is 0 Å². The molecule has 6 rings (SSSR count). The van der Waals surface area contributed by atoms with Crippen molar-refractivity contribution in [1.82, 2.24) is 19.7 Å². The summed E-state index contributed by atoms with van der Waals surface area (Å²) in [7, 11) is 0. The largest absolute Gasteiger partial charge is 0.457 e. The van der Waals surface area contributed by atoms with Crippen molar-refractivity contribution in [3.05, 3.63) is 78.5 Å². The van der Waals surface area contributed by atoms with Gasteiger partial charge in [0.1, 0.15) is 34.7 Å². The zero-order valence-electron chi connectivity index (χ0n) is 23.7. The van der Waals surface area contributed by atoms with Gasteiger partial charge in [-0.3, -0.25) is 9.48 Å². The fourth-order valence-corrected chi connectivity index (χ4v) is 5.88. The molecule has 9 nitrogen and oxygen atoms in total. The molecular formula is C33H34N6O3. The molecule has 2 aliphatic rings. The number of pyridine rings is 1. The second-order valence-electron chi connectivity index (χ2n) is 11.3. The number of fused-ring (bicyclic) bond motifs is 1. The van der Waals surface area contributed by atoms with Crippen LogP contribution in [0.25, 0.3) is 22.2 Å². The highest BCUT2D eigenvalue weighted by Crippen LogP contribution is 2.37. The second kappa shape index (κ2) is 11.7. The summed E-state index contributed by atoms with van der Waals surface area (Å²) in [6.45, 7) is 4.43. The predicted molar refractivity (Wildman–Crippen MR) is 161 cm³/mol. The highest BCUT2D eigenvalue weighted by molar-refractivity contribution is 6.00. The van der Waals surface area contributed by atoms with Gasteiger partial charge in [-0.1, -0.05) is 31.2 Å². The summed E-state index contributed by atoms with van der Waals surface area (Å²) in [5, 5.41) is 15.7. The Balaban J connectivity index is 1.27. The number of rotatable bonds is 6. The third-order valence-electron chi connectivity index (χ3n) is 8.26. The fourth-order valence-electron chi connectivity index (χ4n) is 5.88. The number of allylic oxidation sites excluding steroid dienone is 1. The number of anilines is 1. The Labute approximate surface area is 245 Å². The number of benzene rings is 2. The molecule has 0 spiro atoms. The Kier molecular flexibility index (Phi) is 7.64. The normalized spacial score (nSPS) is 18.9. The molecule has 0 aliphatic carbocycles. The average molecular weight is 563 g/mol. The zero-order chi connectivity index (χ0) is 29.1. The molecule has 1 atom stereocenters. The molecule has 0 unspecified atom stereocenters. The van der Waals surface area contributed by atoms with Gasteiger partial charge < -0.3 is 20.1 Å². The van der Waals surface area contributed by atoms with Crippen molar-refractivity contribution in [3.8, 4) is 28.8 Å². The highest BCUT2D eigenvalue weighted by atomic mass is 16.5. The number of ether oxygens (including phenoxy) is 2. The first kappa shape index (κ1) is 27.5.